The minimum atomic E-state index is 0.605. The fourth-order valence-corrected chi connectivity index (χ4v) is 3.67. The Kier molecular flexibility index (Phi) is 5.28. The highest BCUT2D eigenvalue weighted by atomic mass is 79.9. The predicted molar refractivity (Wildman–Crippen MR) is 80.2 cm³/mol. The molecule has 0 aromatic carbocycles. The summed E-state index contributed by atoms with van der Waals surface area (Å²) in [7, 11) is 0. The first-order valence-corrected chi connectivity index (χ1v) is 8.25. The Morgan fingerprint density at radius 2 is 2.06 bits per heavy atom. The SMILES string of the molecule is CC(Br)CC(C)Cc1ccn(C2CCCCC2)n1. The number of aromatic nitrogens is 2. The Labute approximate surface area is 119 Å². The molecule has 3 heteroatoms. The molecule has 1 heterocycles. The summed E-state index contributed by atoms with van der Waals surface area (Å²) in [6, 6.07) is 2.88. The van der Waals surface area contributed by atoms with Crippen molar-refractivity contribution in [2.75, 3.05) is 0 Å². The van der Waals surface area contributed by atoms with E-state index >= 15 is 0 Å². The first kappa shape index (κ1) is 14.1. The standard InChI is InChI=1S/C15H25BrN2/c1-12(10-13(2)16)11-14-8-9-18(17-14)15-6-4-3-5-7-15/h8-9,12-13,15H,3-7,10-11H2,1-2H3. The molecule has 2 unspecified atom stereocenters. The average molecular weight is 313 g/mol. The molecule has 2 rings (SSSR count). The van der Waals surface area contributed by atoms with Gasteiger partial charge >= 0.3 is 0 Å². The highest BCUT2D eigenvalue weighted by molar-refractivity contribution is 9.09. The zero-order chi connectivity index (χ0) is 13.0. The van der Waals surface area contributed by atoms with Gasteiger partial charge in [-0.3, -0.25) is 4.68 Å². The number of halogens is 1. The quantitative estimate of drug-likeness (QED) is 0.718. The molecule has 0 N–H and O–H groups in total. The maximum Gasteiger partial charge on any atom is 0.0627 e. The Morgan fingerprint density at radius 3 is 2.72 bits per heavy atom. The van der Waals surface area contributed by atoms with Crippen LogP contribution in [0, 0.1) is 5.92 Å². The van der Waals surface area contributed by atoms with E-state index in [2.05, 4.69) is 46.7 Å². The number of alkyl halides is 1. The summed E-state index contributed by atoms with van der Waals surface area (Å²) in [5.41, 5.74) is 1.27. The molecule has 102 valence electrons. The molecule has 1 saturated carbocycles. The number of nitrogens with zero attached hydrogens (tertiary/aromatic N) is 2. The van der Waals surface area contributed by atoms with Crippen molar-refractivity contribution >= 4 is 15.9 Å². The Morgan fingerprint density at radius 1 is 1.33 bits per heavy atom. The zero-order valence-electron chi connectivity index (χ0n) is 11.6. The van der Waals surface area contributed by atoms with Crippen molar-refractivity contribution in [1.82, 2.24) is 9.78 Å². The largest absolute Gasteiger partial charge is 0.269 e. The number of rotatable bonds is 5. The van der Waals surface area contributed by atoms with Crippen molar-refractivity contribution in [2.24, 2.45) is 5.92 Å². The van der Waals surface area contributed by atoms with E-state index in [1.807, 2.05) is 0 Å². The summed E-state index contributed by atoms with van der Waals surface area (Å²) in [5, 5.41) is 4.78. The first-order chi connectivity index (χ1) is 8.65. The van der Waals surface area contributed by atoms with E-state index in [0.29, 0.717) is 16.8 Å². The normalized spacial score (nSPS) is 20.8. The van der Waals surface area contributed by atoms with Crippen LogP contribution in [0.4, 0.5) is 0 Å². The highest BCUT2D eigenvalue weighted by Crippen LogP contribution is 2.27. The zero-order valence-corrected chi connectivity index (χ0v) is 13.2. The maximum absolute atomic E-state index is 4.78. The fraction of sp³-hybridized carbons (Fsp3) is 0.800. The first-order valence-electron chi connectivity index (χ1n) is 7.33. The van der Waals surface area contributed by atoms with E-state index in [9.17, 15) is 0 Å². The Bertz CT molecular complexity index is 353. The highest BCUT2D eigenvalue weighted by Gasteiger charge is 2.16. The molecule has 2 atom stereocenters. The van der Waals surface area contributed by atoms with Gasteiger partial charge in [-0.2, -0.15) is 5.10 Å². The van der Waals surface area contributed by atoms with Gasteiger partial charge < -0.3 is 0 Å². The lowest BCUT2D eigenvalue weighted by molar-refractivity contribution is 0.327. The lowest BCUT2D eigenvalue weighted by atomic mass is 9.96. The molecular formula is C15H25BrN2. The summed E-state index contributed by atoms with van der Waals surface area (Å²) in [5.74, 6) is 0.703. The molecule has 1 aliphatic carbocycles. The van der Waals surface area contributed by atoms with Gasteiger partial charge in [0.05, 0.1) is 11.7 Å². The van der Waals surface area contributed by atoms with Crippen LogP contribution >= 0.6 is 15.9 Å². The predicted octanol–water partition coefficient (Wildman–Crippen LogP) is 4.74. The molecule has 0 bridgehead atoms. The fourth-order valence-electron chi connectivity index (χ4n) is 3.03. The molecule has 0 amide bonds. The monoisotopic (exact) mass is 312 g/mol. The van der Waals surface area contributed by atoms with Gasteiger partial charge in [0.2, 0.25) is 0 Å². The molecule has 18 heavy (non-hydrogen) atoms. The topological polar surface area (TPSA) is 17.8 Å². The van der Waals surface area contributed by atoms with E-state index in [1.165, 1.54) is 44.2 Å². The molecule has 1 aromatic rings. The third-order valence-electron chi connectivity index (χ3n) is 3.90. The lowest BCUT2D eigenvalue weighted by Crippen LogP contribution is -2.14. The second-order valence-electron chi connectivity index (χ2n) is 5.90. The molecule has 1 aliphatic rings. The maximum atomic E-state index is 4.78. The van der Waals surface area contributed by atoms with Crippen LogP contribution in [-0.2, 0) is 6.42 Å². The number of hydrogen-bond donors (Lipinski definition) is 0. The third kappa shape index (κ3) is 4.11. The van der Waals surface area contributed by atoms with E-state index < -0.39 is 0 Å². The molecule has 1 aromatic heterocycles. The van der Waals surface area contributed by atoms with E-state index in [1.54, 1.807) is 0 Å². The molecule has 0 saturated heterocycles. The summed E-state index contributed by atoms with van der Waals surface area (Å²) in [6.07, 6.45) is 11.3. The van der Waals surface area contributed by atoms with Crippen molar-refractivity contribution < 1.29 is 0 Å². The molecule has 2 nitrogen and oxygen atoms in total. The van der Waals surface area contributed by atoms with Crippen LogP contribution in [0.25, 0.3) is 0 Å². The van der Waals surface area contributed by atoms with Gasteiger partial charge in [-0.15, -0.1) is 0 Å². The van der Waals surface area contributed by atoms with Crippen molar-refractivity contribution in [3.8, 4) is 0 Å². The summed E-state index contributed by atoms with van der Waals surface area (Å²) in [4.78, 5) is 0.605. The third-order valence-corrected chi connectivity index (χ3v) is 4.27. The van der Waals surface area contributed by atoms with Crippen molar-refractivity contribution in [3.05, 3.63) is 18.0 Å². The summed E-state index contributed by atoms with van der Waals surface area (Å²) in [6.45, 7) is 4.54. The summed E-state index contributed by atoms with van der Waals surface area (Å²) < 4.78 is 2.22. The second kappa shape index (κ2) is 6.74. The van der Waals surface area contributed by atoms with E-state index in [-0.39, 0.29) is 0 Å². The van der Waals surface area contributed by atoms with Crippen LogP contribution in [0.5, 0.6) is 0 Å². The van der Waals surface area contributed by atoms with Gasteiger partial charge in [0.1, 0.15) is 0 Å². The summed E-state index contributed by atoms with van der Waals surface area (Å²) >= 11 is 3.63. The van der Waals surface area contributed by atoms with Crippen LogP contribution in [0.2, 0.25) is 0 Å². The van der Waals surface area contributed by atoms with Gasteiger partial charge in [-0.1, -0.05) is 49.0 Å². The van der Waals surface area contributed by atoms with E-state index in [0.717, 1.165) is 6.42 Å². The van der Waals surface area contributed by atoms with Gasteiger partial charge in [-0.25, -0.2) is 0 Å². The Hall–Kier alpha value is -0.310. The molecule has 0 spiro atoms. The van der Waals surface area contributed by atoms with Crippen molar-refractivity contribution in [2.45, 2.75) is 69.7 Å². The molecule has 1 fully saturated rings. The molecular weight excluding hydrogens is 288 g/mol. The van der Waals surface area contributed by atoms with Crippen molar-refractivity contribution in [1.29, 1.82) is 0 Å². The van der Waals surface area contributed by atoms with Gasteiger partial charge in [0.25, 0.3) is 0 Å². The minimum absolute atomic E-state index is 0.605. The Balaban J connectivity index is 1.89. The molecule has 0 aliphatic heterocycles. The van der Waals surface area contributed by atoms with Crippen LogP contribution in [0.3, 0.4) is 0 Å². The van der Waals surface area contributed by atoms with Crippen LogP contribution in [-0.4, -0.2) is 14.6 Å². The van der Waals surface area contributed by atoms with Gasteiger partial charge in [0, 0.05) is 11.0 Å². The van der Waals surface area contributed by atoms with Gasteiger partial charge in [-0.05, 0) is 37.7 Å². The molecule has 0 radical (unpaired) electrons. The van der Waals surface area contributed by atoms with Gasteiger partial charge in [0.15, 0.2) is 0 Å². The number of hydrogen-bond acceptors (Lipinski definition) is 1. The van der Waals surface area contributed by atoms with Crippen molar-refractivity contribution in [3.63, 3.8) is 0 Å². The van der Waals surface area contributed by atoms with Crippen LogP contribution in [0.1, 0.15) is 64.1 Å². The smallest absolute Gasteiger partial charge is 0.0627 e. The second-order valence-corrected chi connectivity index (χ2v) is 7.47. The lowest BCUT2D eigenvalue weighted by Gasteiger charge is -2.21. The van der Waals surface area contributed by atoms with E-state index in [4.69, 9.17) is 5.10 Å². The average Bonchev–Trinajstić information content (AvgIpc) is 2.77. The van der Waals surface area contributed by atoms with Crippen LogP contribution in [0.15, 0.2) is 12.3 Å². The van der Waals surface area contributed by atoms with Crippen LogP contribution < -0.4 is 0 Å². The minimum Gasteiger partial charge on any atom is -0.269 e.